The summed E-state index contributed by atoms with van der Waals surface area (Å²) in [5, 5.41) is 13.6. The van der Waals surface area contributed by atoms with E-state index in [0.29, 0.717) is 6.10 Å². The Balaban J connectivity index is 1.74. The van der Waals surface area contributed by atoms with E-state index in [1.807, 2.05) is 0 Å². The Bertz CT molecular complexity index is 365. The Kier molecular flexibility index (Phi) is 6.00. The van der Waals surface area contributed by atoms with Crippen molar-refractivity contribution < 1.29 is 4.74 Å². The van der Waals surface area contributed by atoms with Crippen LogP contribution in [0.25, 0.3) is 0 Å². The van der Waals surface area contributed by atoms with Crippen LogP contribution in [0.15, 0.2) is 0 Å². The summed E-state index contributed by atoms with van der Waals surface area (Å²) < 4.78 is 5.76. The van der Waals surface area contributed by atoms with Crippen molar-refractivity contribution in [2.24, 2.45) is 0 Å². The minimum Gasteiger partial charge on any atom is -0.377 e. The van der Waals surface area contributed by atoms with Crippen LogP contribution in [0, 0.1) is 0 Å². The zero-order valence-electron chi connectivity index (χ0n) is 11.9. The van der Waals surface area contributed by atoms with E-state index in [1.54, 1.807) is 11.3 Å². The molecular formula is C13H24N4OS. The van der Waals surface area contributed by atoms with Crippen LogP contribution in [0.1, 0.15) is 37.6 Å². The third-order valence-corrected chi connectivity index (χ3v) is 4.05. The van der Waals surface area contributed by atoms with Crippen molar-refractivity contribution in [3.05, 3.63) is 5.01 Å². The van der Waals surface area contributed by atoms with Gasteiger partial charge >= 0.3 is 0 Å². The molecule has 5 nitrogen and oxygen atoms in total. The highest BCUT2D eigenvalue weighted by molar-refractivity contribution is 7.15. The van der Waals surface area contributed by atoms with Gasteiger partial charge in [-0.05, 0) is 32.7 Å². The lowest BCUT2D eigenvalue weighted by atomic mass is 10.1. The van der Waals surface area contributed by atoms with Gasteiger partial charge in [-0.2, -0.15) is 0 Å². The first kappa shape index (κ1) is 14.7. The fraction of sp³-hybridized carbons (Fsp3) is 0.846. The second-order valence-corrected chi connectivity index (χ2v) is 6.18. The molecule has 0 amide bonds. The monoisotopic (exact) mass is 284 g/mol. The molecule has 1 N–H and O–H groups in total. The fourth-order valence-corrected chi connectivity index (χ4v) is 3.06. The molecule has 6 heteroatoms. The first-order chi connectivity index (χ1) is 9.28. The topological polar surface area (TPSA) is 50.3 Å². The molecule has 0 bridgehead atoms. The van der Waals surface area contributed by atoms with Crippen molar-refractivity contribution in [3.63, 3.8) is 0 Å². The van der Waals surface area contributed by atoms with Gasteiger partial charge in [-0.25, -0.2) is 0 Å². The molecule has 1 saturated heterocycles. The Morgan fingerprint density at radius 2 is 2.32 bits per heavy atom. The van der Waals surface area contributed by atoms with Crippen molar-refractivity contribution in [1.82, 2.24) is 15.1 Å². The minimum absolute atomic E-state index is 0.393. The van der Waals surface area contributed by atoms with Gasteiger partial charge in [0.25, 0.3) is 0 Å². The third kappa shape index (κ3) is 5.04. The van der Waals surface area contributed by atoms with Gasteiger partial charge in [0.15, 0.2) is 0 Å². The summed E-state index contributed by atoms with van der Waals surface area (Å²) in [7, 11) is 2.12. The molecule has 108 valence electrons. The average Bonchev–Trinajstić information content (AvgIpc) is 2.85. The molecule has 1 atom stereocenters. The molecule has 0 aromatic carbocycles. The zero-order valence-corrected chi connectivity index (χ0v) is 12.7. The fourth-order valence-electron chi connectivity index (χ4n) is 2.22. The van der Waals surface area contributed by atoms with E-state index < -0.39 is 0 Å². The van der Waals surface area contributed by atoms with Gasteiger partial charge in [-0.15, -0.1) is 10.2 Å². The second kappa shape index (κ2) is 7.77. The van der Waals surface area contributed by atoms with Crippen LogP contribution in [0.3, 0.4) is 0 Å². The van der Waals surface area contributed by atoms with Gasteiger partial charge in [0.05, 0.1) is 12.6 Å². The number of hydrogen-bond acceptors (Lipinski definition) is 6. The summed E-state index contributed by atoms with van der Waals surface area (Å²) in [5.74, 6) is 0. The van der Waals surface area contributed by atoms with E-state index in [9.17, 15) is 0 Å². The van der Waals surface area contributed by atoms with Crippen LogP contribution in [0.2, 0.25) is 0 Å². The van der Waals surface area contributed by atoms with E-state index in [4.69, 9.17) is 4.74 Å². The van der Waals surface area contributed by atoms with Crippen molar-refractivity contribution in [3.8, 4) is 0 Å². The number of anilines is 1. The van der Waals surface area contributed by atoms with Crippen LogP contribution in [0.4, 0.5) is 5.13 Å². The van der Waals surface area contributed by atoms with E-state index in [0.717, 1.165) is 42.8 Å². The molecule has 1 aliphatic rings. The molecule has 2 heterocycles. The maximum absolute atomic E-state index is 5.76. The summed E-state index contributed by atoms with van der Waals surface area (Å²) in [6, 6.07) is 0. The maximum Gasteiger partial charge on any atom is 0.205 e. The summed E-state index contributed by atoms with van der Waals surface area (Å²) in [5.41, 5.74) is 0. The standard InChI is InChI=1S/C13H24N4OS/c1-3-7-14-13-16-15-12(19-13)10-17(2)9-11-6-4-5-8-18-11/h11H,3-10H2,1-2H3,(H,14,16). The highest BCUT2D eigenvalue weighted by Crippen LogP contribution is 2.18. The van der Waals surface area contributed by atoms with Crippen LogP contribution in [-0.4, -0.2) is 47.9 Å². The molecule has 1 aromatic rings. The Morgan fingerprint density at radius 3 is 3.05 bits per heavy atom. The van der Waals surface area contributed by atoms with Gasteiger partial charge in [0, 0.05) is 19.7 Å². The molecule has 0 spiro atoms. The minimum atomic E-state index is 0.393. The van der Waals surface area contributed by atoms with E-state index in [-0.39, 0.29) is 0 Å². The highest BCUT2D eigenvalue weighted by Gasteiger charge is 2.16. The molecule has 19 heavy (non-hydrogen) atoms. The molecule has 1 aliphatic heterocycles. The first-order valence-corrected chi connectivity index (χ1v) is 7.96. The number of hydrogen-bond donors (Lipinski definition) is 1. The Morgan fingerprint density at radius 1 is 1.42 bits per heavy atom. The zero-order chi connectivity index (χ0) is 13.5. The summed E-state index contributed by atoms with van der Waals surface area (Å²) >= 11 is 1.65. The quantitative estimate of drug-likeness (QED) is 0.833. The van der Waals surface area contributed by atoms with Gasteiger partial charge in [0.2, 0.25) is 5.13 Å². The van der Waals surface area contributed by atoms with E-state index >= 15 is 0 Å². The first-order valence-electron chi connectivity index (χ1n) is 7.14. The summed E-state index contributed by atoms with van der Waals surface area (Å²) in [6.45, 7) is 5.86. The largest absolute Gasteiger partial charge is 0.377 e. The molecule has 1 fully saturated rings. The van der Waals surface area contributed by atoms with E-state index in [1.165, 1.54) is 19.3 Å². The van der Waals surface area contributed by atoms with Gasteiger partial charge < -0.3 is 10.1 Å². The SMILES string of the molecule is CCCNc1nnc(CN(C)CC2CCCCO2)s1. The van der Waals surface area contributed by atoms with Crippen LogP contribution in [0.5, 0.6) is 0 Å². The number of rotatable bonds is 7. The summed E-state index contributed by atoms with van der Waals surface area (Å²) in [4.78, 5) is 2.28. The summed E-state index contributed by atoms with van der Waals surface area (Å²) in [6.07, 6.45) is 5.19. The number of likely N-dealkylation sites (N-methyl/N-ethyl adjacent to an activating group) is 1. The molecule has 1 aromatic heterocycles. The van der Waals surface area contributed by atoms with Gasteiger partial charge in [-0.3, -0.25) is 4.90 Å². The molecular weight excluding hydrogens is 260 g/mol. The average molecular weight is 284 g/mol. The predicted octanol–water partition coefficient (Wildman–Crippen LogP) is 2.36. The van der Waals surface area contributed by atoms with Crippen LogP contribution >= 0.6 is 11.3 Å². The third-order valence-electron chi connectivity index (χ3n) is 3.19. The van der Waals surface area contributed by atoms with E-state index in [2.05, 4.69) is 34.4 Å². The smallest absolute Gasteiger partial charge is 0.205 e. The highest BCUT2D eigenvalue weighted by atomic mass is 32.1. The maximum atomic E-state index is 5.76. The Hall–Kier alpha value is -0.720. The lowest BCUT2D eigenvalue weighted by Crippen LogP contribution is -2.33. The van der Waals surface area contributed by atoms with Crippen molar-refractivity contribution >= 4 is 16.5 Å². The van der Waals surface area contributed by atoms with Gasteiger partial charge in [-0.1, -0.05) is 18.3 Å². The number of aromatic nitrogens is 2. The number of nitrogens with one attached hydrogen (secondary N) is 1. The lowest BCUT2D eigenvalue weighted by molar-refractivity contribution is -0.00262. The number of ether oxygens (including phenoxy) is 1. The molecule has 2 rings (SSSR count). The second-order valence-electron chi connectivity index (χ2n) is 5.11. The molecule has 0 radical (unpaired) electrons. The molecule has 0 saturated carbocycles. The lowest BCUT2D eigenvalue weighted by Gasteiger charge is -2.26. The normalized spacial score (nSPS) is 19.8. The van der Waals surface area contributed by atoms with Crippen molar-refractivity contribution in [1.29, 1.82) is 0 Å². The van der Waals surface area contributed by atoms with Gasteiger partial charge in [0.1, 0.15) is 5.01 Å². The Labute approximate surface area is 119 Å². The van der Waals surface area contributed by atoms with Crippen molar-refractivity contribution in [2.75, 3.05) is 32.1 Å². The van der Waals surface area contributed by atoms with Crippen molar-refractivity contribution in [2.45, 2.75) is 45.3 Å². The number of nitrogens with zero attached hydrogens (tertiary/aromatic N) is 3. The molecule has 1 unspecified atom stereocenters. The van der Waals surface area contributed by atoms with Crippen LogP contribution in [-0.2, 0) is 11.3 Å². The predicted molar refractivity (Wildman–Crippen MR) is 78.6 cm³/mol. The molecule has 0 aliphatic carbocycles. The van der Waals surface area contributed by atoms with Crippen LogP contribution < -0.4 is 5.32 Å².